The van der Waals surface area contributed by atoms with Crippen molar-refractivity contribution in [1.82, 2.24) is 0 Å². The lowest BCUT2D eigenvalue weighted by Gasteiger charge is -2.41. The predicted octanol–water partition coefficient (Wildman–Crippen LogP) is 2.08. The van der Waals surface area contributed by atoms with Gasteiger partial charge in [0.2, 0.25) is 10.0 Å². The molecule has 1 saturated carbocycles. The molecule has 2 aliphatic rings. The summed E-state index contributed by atoms with van der Waals surface area (Å²) in [6.07, 6.45) is 7.73. The summed E-state index contributed by atoms with van der Waals surface area (Å²) in [7, 11) is -3.77. The van der Waals surface area contributed by atoms with Crippen LogP contribution in [0.2, 0.25) is 0 Å². The average Bonchev–Trinajstić information content (AvgIpc) is 2.87. The summed E-state index contributed by atoms with van der Waals surface area (Å²) in [5, 5.41) is 5.22. The Morgan fingerprint density at radius 3 is 2.24 bits per heavy atom. The van der Waals surface area contributed by atoms with Crippen molar-refractivity contribution in [3.05, 3.63) is 18.2 Å². The number of hydrogen-bond acceptors (Lipinski definition) is 4. The van der Waals surface area contributed by atoms with E-state index in [4.69, 9.17) is 10.9 Å². The minimum absolute atomic E-state index is 0.0288. The Bertz CT molecular complexity index is 626. The molecule has 1 aliphatic heterocycles. The zero-order chi connectivity index (χ0) is 15.1. The third-order valence-electron chi connectivity index (χ3n) is 5.18. The fourth-order valence-electron chi connectivity index (χ4n) is 3.90. The number of anilines is 2. The molecule has 0 unspecified atom stereocenters. The molecule has 0 aromatic heterocycles. The third kappa shape index (κ3) is 2.74. The van der Waals surface area contributed by atoms with Gasteiger partial charge in [-0.05, 0) is 43.2 Å². The molecule has 21 heavy (non-hydrogen) atoms. The second-order valence-corrected chi connectivity index (χ2v) is 7.96. The molecule has 1 aromatic carbocycles. The molecule has 0 amide bonds. The standard InChI is InChI=1S/C15H23N3O2S/c16-14-12(4-3-5-13(14)21(17,19)20)18-10-8-15(9-11-18)6-1-2-7-15/h3-5H,1-2,6-11,16H2,(H2,17,19,20). The lowest BCUT2D eigenvalue weighted by Crippen LogP contribution is -2.39. The number of rotatable bonds is 2. The van der Waals surface area contributed by atoms with Crippen molar-refractivity contribution in [2.75, 3.05) is 23.7 Å². The molecular formula is C15H23N3O2S. The highest BCUT2D eigenvalue weighted by Gasteiger charge is 2.37. The molecule has 1 aromatic rings. The summed E-state index contributed by atoms with van der Waals surface area (Å²) in [5.41, 5.74) is 7.66. The highest BCUT2D eigenvalue weighted by Crippen LogP contribution is 2.47. The van der Waals surface area contributed by atoms with Gasteiger partial charge in [0, 0.05) is 13.1 Å². The normalized spacial score (nSPS) is 21.9. The minimum atomic E-state index is -3.77. The van der Waals surface area contributed by atoms with E-state index in [9.17, 15) is 8.42 Å². The number of nitrogens with two attached hydrogens (primary N) is 2. The largest absolute Gasteiger partial charge is 0.396 e. The molecule has 0 bridgehead atoms. The van der Waals surface area contributed by atoms with Crippen LogP contribution in [0.3, 0.4) is 0 Å². The maximum atomic E-state index is 11.6. The molecule has 3 rings (SSSR count). The van der Waals surface area contributed by atoms with Crippen molar-refractivity contribution in [3.63, 3.8) is 0 Å². The fourth-order valence-corrected chi connectivity index (χ4v) is 4.58. The van der Waals surface area contributed by atoms with Gasteiger partial charge in [0.1, 0.15) is 4.90 Å². The summed E-state index contributed by atoms with van der Waals surface area (Å²) < 4.78 is 23.1. The second-order valence-electron chi connectivity index (χ2n) is 6.43. The number of para-hydroxylation sites is 1. The van der Waals surface area contributed by atoms with Crippen LogP contribution in [0, 0.1) is 5.41 Å². The van der Waals surface area contributed by atoms with Crippen molar-refractivity contribution in [1.29, 1.82) is 0 Å². The number of benzene rings is 1. The van der Waals surface area contributed by atoms with Crippen LogP contribution >= 0.6 is 0 Å². The maximum absolute atomic E-state index is 11.6. The fraction of sp³-hybridized carbons (Fsp3) is 0.600. The minimum Gasteiger partial charge on any atom is -0.396 e. The summed E-state index contributed by atoms with van der Waals surface area (Å²) in [5.74, 6) is 0. The van der Waals surface area contributed by atoms with Gasteiger partial charge in [-0.2, -0.15) is 0 Å². The van der Waals surface area contributed by atoms with E-state index in [0.717, 1.165) is 18.8 Å². The van der Waals surface area contributed by atoms with E-state index in [2.05, 4.69) is 4.90 Å². The van der Waals surface area contributed by atoms with Gasteiger partial charge in [0.15, 0.2) is 0 Å². The van der Waals surface area contributed by atoms with Gasteiger partial charge in [-0.1, -0.05) is 18.9 Å². The van der Waals surface area contributed by atoms with Gasteiger partial charge in [0.25, 0.3) is 0 Å². The Kier molecular flexibility index (Phi) is 3.61. The summed E-state index contributed by atoms with van der Waals surface area (Å²) in [6, 6.07) is 5.07. The van der Waals surface area contributed by atoms with Crippen LogP contribution in [0.15, 0.2) is 23.1 Å². The first-order chi connectivity index (χ1) is 9.91. The number of nitrogen functional groups attached to an aromatic ring is 1. The van der Waals surface area contributed by atoms with Crippen LogP contribution in [-0.4, -0.2) is 21.5 Å². The summed E-state index contributed by atoms with van der Waals surface area (Å²) in [6.45, 7) is 1.89. The average molecular weight is 309 g/mol. The van der Waals surface area contributed by atoms with Crippen molar-refractivity contribution in [3.8, 4) is 0 Å². The molecule has 0 radical (unpaired) electrons. The summed E-state index contributed by atoms with van der Waals surface area (Å²) >= 11 is 0. The second kappa shape index (κ2) is 5.18. The van der Waals surface area contributed by atoms with Crippen molar-refractivity contribution in [2.45, 2.75) is 43.4 Å². The molecule has 0 atom stereocenters. The molecule has 2 fully saturated rings. The molecule has 1 heterocycles. The lowest BCUT2D eigenvalue weighted by atomic mass is 9.77. The Hall–Kier alpha value is -1.27. The number of hydrogen-bond donors (Lipinski definition) is 2. The van der Waals surface area contributed by atoms with E-state index in [1.165, 1.54) is 44.6 Å². The maximum Gasteiger partial charge on any atom is 0.240 e. The first kappa shape index (κ1) is 14.7. The SMILES string of the molecule is Nc1c(N2CCC3(CCCC3)CC2)cccc1S(N)(=O)=O. The van der Waals surface area contributed by atoms with E-state index >= 15 is 0 Å². The molecule has 6 heteroatoms. The number of piperidine rings is 1. The topological polar surface area (TPSA) is 89.4 Å². The lowest BCUT2D eigenvalue weighted by molar-refractivity contribution is 0.226. The molecule has 5 nitrogen and oxygen atoms in total. The first-order valence-electron chi connectivity index (χ1n) is 7.58. The monoisotopic (exact) mass is 309 g/mol. The van der Waals surface area contributed by atoms with Crippen molar-refractivity contribution >= 4 is 21.4 Å². The van der Waals surface area contributed by atoms with E-state index in [0.29, 0.717) is 5.41 Å². The molecule has 1 aliphatic carbocycles. The predicted molar refractivity (Wildman–Crippen MR) is 84.6 cm³/mol. The number of nitrogens with zero attached hydrogens (tertiary/aromatic N) is 1. The van der Waals surface area contributed by atoms with E-state index in [-0.39, 0.29) is 10.6 Å². The van der Waals surface area contributed by atoms with Crippen LogP contribution in [0.1, 0.15) is 38.5 Å². The van der Waals surface area contributed by atoms with E-state index in [1.54, 1.807) is 6.07 Å². The summed E-state index contributed by atoms with van der Waals surface area (Å²) in [4.78, 5) is 2.23. The van der Waals surface area contributed by atoms with Gasteiger partial charge in [-0.25, -0.2) is 13.6 Å². The first-order valence-corrected chi connectivity index (χ1v) is 9.12. The quantitative estimate of drug-likeness (QED) is 0.818. The zero-order valence-corrected chi connectivity index (χ0v) is 13.0. The van der Waals surface area contributed by atoms with Gasteiger partial charge < -0.3 is 10.6 Å². The smallest absolute Gasteiger partial charge is 0.240 e. The van der Waals surface area contributed by atoms with Crippen LogP contribution in [-0.2, 0) is 10.0 Å². The van der Waals surface area contributed by atoms with Crippen LogP contribution in [0.4, 0.5) is 11.4 Å². The Labute approximate surface area is 126 Å². The van der Waals surface area contributed by atoms with Gasteiger partial charge in [-0.3, -0.25) is 0 Å². The number of sulfonamides is 1. The van der Waals surface area contributed by atoms with Crippen LogP contribution in [0.5, 0.6) is 0 Å². The highest BCUT2D eigenvalue weighted by molar-refractivity contribution is 7.89. The van der Waals surface area contributed by atoms with Gasteiger partial charge in [-0.15, -0.1) is 0 Å². The van der Waals surface area contributed by atoms with E-state index < -0.39 is 10.0 Å². The molecule has 4 N–H and O–H groups in total. The molecule has 1 spiro atoms. The highest BCUT2D eigenvalue weighted by atomic mass is 32.2. The van der Waals surface area contributed by atoms with E-state index in [1.807, 2.05) is 6.07 Å². The molecule has 116 valence electrons. The third-order valence-corrected chi connectivity index (χ3v) is 6.15. The molecular weight excluding hydrogens is 286 g/mol. The van der Waals surface area contributed by atoms with Crippen LogP contribution < -0.4 is 15.8 Å². The van der Waals surface area contributed by atoms with Gasteiger partial charge >= 0.3 is 0 Å². The Morgan fingerprint density at radius 1 is 1.05 bits per heavy atom. The van der Waals surface area contributed by atoms with Crippen LogP contribution in [0.25, 0.3) is 0 Å². The molecule has 1 saturated heterocycles. The zero-order valence-electron chi connectivity index (χ0n) is 12.2. The van der Waals surface area contributed by atoms with Crippen molar-refractivity contribution in [2.24, 2.45) is 10.6 Å². The number of primary sulfonamides is 1. The van der Waals surface area contributed by atoms with Crippen molar-refractivity contribution < 1.29 is 8.42 Å². The Balaban J connectivity index is 1.83. The Morgan fingerprint density at radius 2 is 1.67 bits per heavy atom. The van der Waals surface area contributed by atoms with Gasteiger partial charge in [0.05, 0.1) is 11.4 Å².